The van der Waals surface area contributed by atoms with Crippen LogP contribution in [0.15, 0.2) is 24.4 Å². The van der Waals surface area contributed by atoms with Crippen LogP contribution in [0, 0.1) is 5.92 Å². The average Bonchev–Trinajstić information content (AvgIpc) is 2.55. The van der Waals surface area contributed by atoms with Crippen LogP contribution in [0.3, 0.4) is 0 Å². The van der Waals surface area contributed by atoms with Gasteiger partial charge in [0.1, 0.15) is 11.6 Å². The fraction of sp³-hybridized carbons (Fsp3) is 0.526. The number of ether oxygens (including phenoxy) is 1. The predicted octanol–water partition coefficient (Wildman–Crippen LogP) is 2.45. The van der Waals surface area contributed by atoms with E-state index in [0.29, 0.717) is 18.9 Å². The molecule has 144 valence electrons. The monoisotopic (exact) mass is 363 g/mol. The number of nitrogens with one attached hydrogen (secondary N) is 2. The molecule has 1 aromatic heterocycles. The number of aromatic nitrogens is 1. The average molecular weight is 363 g/mol. The SMILES string of the molecule is CC(C)C[C@H](NCc1ccc(/C=C/C(=O)NO)cn1)C(=O)OC(C)(C)C. The third kappa shape index (κ3) is 8.73. The second-order valence-corrected chi connectivity index (χ2v) is 7.49. The summed E-state index contributed by atoms with van der Waals surface area (Å²) in [5.74, 6) is -0.524. The largest absolute Gasteiger partial charge is 0.459 e. The van der Waals surface area contributed by atoms with Gasteiger partial charge in [-0.2, -0.15) is 0 Å². The summed E-state index contributed by atoms with van der Waals surface area (Å²) in [6.07, 6.45) is 5.03. The summed E-state index contributed by atoms with van der Waals surface area (Å²) >= 11 is 0. The van der Waals surface area contributed by atoms with Gasteiger partial charge in [0.05, 0.1) is 5.69 Å². The number of hydrogen-bond donors (Lipinski definition) is 3. The molecule has 7 nitrogen and oxygen atoms in total. The van der Waals surface area contributed by atoms with Gasteiger partial charge >= 0.3 is 5.97 Å². The van der Waals surface area contributed by atoms with Crippen LogP contribution in [0.2, 0.25) is 0 Å². The highest BCUT2D eigenvalue weighted by Gasteiger charge is 2.25. The van der Waals surface area contributed by atoms with E-state index in [0.717, 1.165) is 11.3 Å². The van der Waals surface area contributed by atoms with E-state index < -0.39 is 17.6 Å². The second-order valence-electron chi connectivity index (χ2n) is 7.49. The van der Waals surface area contributed by atoms with Gasteiger partial charge in [0.25, 0.3) is 5.91 Å². The first-order valence-corrected chi connectivity index (χ1v) is 8.64. The molecule has 0 bridgehead atoms. The van der Waals surface area contributed by atoms with Crippen LogP contribution in [-0.4, -0.2) is 33.7 Å². The molecule has 0 aliphatic rings. The highest BCUT2D eigenvalue weighted by molar-refractivity contribution is 5.90. The van der Waals surface area contributed by atoms with Gasteiger partial charge < -0.3 is 4.74 Å². The van der Waals surface area contributed by atoms with Gasteiger partial charge in [-0.25, -0.2) is 5.48 Å². The standard InChI is InChI=1S/C19H29N3O4/c1-13(2)10-16(18(24)26-19(3,4)5)21-12-15-8-6-14(11-20-15)7-9-17(23)22-25/h6-9,11,13,16,21,25H,10,12H2,1-5H3,(H,22,23)/b9-7+/t16-/m0/s1. The Balaban J connectivity index is 2.68. The topological polar surface area (TPSA) is 101 Å². The van der Waals surface area contributed by atoms with Crippen LogP contribution >= 0.6 is 0 Å². The Morgan fingerprint density at radius 3 is 2.50 bits per heavy atom. The number of rotatable bonds is 8. The number of amides is 1. The summed E-state index contributed by atoms with van der Waals surface area (Å²) in [6.45, 7) is 10.1. The Hall–Kier alpha value is -2.25. The lowest BCUT2D eigenvalue weighted by atomic mass is 10.0. The Bertz CT molecular complexity index is 619. The Morgan fingerprint density at radius 2 is 2.00 bits per heavy atom. The van der Waals surface area contributed by atoms with Crippen LogP contribution in [-0.2, 0) is 20.9 Å². The minimum absolute atomic E-state index is 0.263. The zero-order chi connectivity index (χ0) is 19.7. The molecule has 0 aromatic carbocycles. The Morgan fingerprint density at radius 1 is 1.31 bits per heavy atom. The summed E-state index contributed by atoms with van der Waals surface area (Å²) in [7, 11) is 0. The first-order valence-electron chi connectivity index (χ1n) is 8.64. The molecule has 1 atom stereocenters. The van der Waals surface area contributed by atoms with Crippen molar-refractivity contribution in [3.05, 3.63) is 35.7 Å². The molecule has 26 heavy (non-hydrogen) atoms. The zero-order valence-corrected chi connectivity index (χ0v) is 16.1. The van der Waals surface area contributed by atoms with Crippen molar-refractivity contribution in [3.63, 3.8) is 0 Å². The molecule has 1 heterocycles. The minimum Gasteiger partial charge on any atom is -0.459 e. The summed E-state index contributed by atoms with van der Waals surface area (Å²) in [5.41, 5.74) is 2.49. The first-order chi connectivity index (χ1) is 12.1. The van der Waals surface area contributed by atoms with Gasteiger partial charge in [-0.1, -0.05) is 19.9 Å². The van der Waals surface area contributed by atoms with Crippen molar-refractivity contribution in [2.75, 3.05) is 0 Å². The fourth-order valence-corrected chi connectivity index (χ4v) is 2.18. The Kier molecular flexibility index (Phi) is 8.41. The molecule has 0 aliphatic carbocycles. The summed E-state index contributed by atoms with van der Waals surface area (Å²) < 4.78 is 5.48. The van der Waals surface area contributed by atoms with Crippen molar-refractivity contribution in [2.24, 2.45) is 5.92 Å². The molecule has 1 aromatic rings. The molecule has 0 aliphatic heterocycles. The molecule has 0 radical (unpaired) electrons. The summed E-state index contributed by atoms with van der Waals surface area (Å²) in [5, 5.41) is 11.7. The van der Waals surface area contributed by atoms with Crippen molar-refractivity contribution in [3.8, 4) is 0 Å². The molecule has 0 spiro atoms. The molecule has 1 rings (SSSR count). The molecule has 7 heteroatoms. The molecule has 1 amide bonds. The van der Waals surface area contributed by atoms with Crippen molar-refractivity contribution < 1.29 is 19.5 Å². The van der Waals surface area contributed by atoms with E-state index in [1.165, 1.54) is 17.6 Å². The van der Waals surface area contributed by atoms with Crippen molar-refractivity contribution in [1.29, 1.82) is 0 Å². The second kappa shape index (κ2) is 10.0. The van der Waals surface area contributed by atoms with E-state index in [1.54, 1.807) is 12.3 Å². The number of pyridine rings is 1. The minimum atomic E-state index is -0.607. The highest BCUT2D eigenvalue weighted by atomic mass is 16.6. The number of hydrogen-bond acceptors (Lipinski definition) is 6. The van der Waals surface area contributed by atoms with Gasteiger partial charge in [-0.15, -0.1) is 0 Å². The van der Waals surface area contributed by atoms with E-state index in [-0.39, 0.29) is 5.97 Å². The van der Waals surface area contributed by atoms with Gasteiger partial charge in [-0.05, 0) is 50.8 Å². The maximum absolute atomic E-state index is 12.4. The van der Waals surface area contributed by atoms with Crippen molar-refractivity contribution in [1.82, 2.24) is 15.8 Å². The van der Waals surface area contributed by atoms with Gasteiger partial charge in [0.15, 0.2) is 0 Å². The molecule has 0 unspecified atom stereocenters. The quantitative estimate of drug-likeness (QED) is 0.284. The third-order valence-corrected chi connectivity index (χ3v) is 3.31. The van der Waals surface area contributed by atoms with Gasteiger partial charge in [0.2, 0.25) is 0 Å². The smallest absolute Gasteiger partial charge is 0.323 e. The van der Waals surface area contributed by atoms with Crippen LogP contribution in [0.1, 0.15) is 52.3 Å². The van der Waals surface area contributed by atoms with Crippen molar-refractivity contribution in [2.45, 2.75) is 59.2 Å². The van der Waals surface area contributed by atoms with E-state index in [2.05, 4.69) is 24.1 Å². The van der Waals surface area contributed by atoms with Crippen molar-refractivity contribution >= 4 is 18.0 Å². The number of carbonyl (C=O) groups is 2. The Labute approximate surface area is 154 Å². The summed E-state index contributed by atoms with van der Waals surface area (Å²) in [6, 6.07) is 3.21. The maximum atomic E-state index is 12.4. The molecule has 0 saturated carbocycles. The van der Waals surface area contributed by atoms with Gasteiger partial charge in [-0.3, -0.25) is 25.1 Å². The predicted molar refractivity (Wildman–Crippen MR) is 99.1 cm³/mol. The zero-order valence-electron chi connectivity index (χ0n) is 16.1. The molecule has 0 saturated heterocycles. The van der Waals surface area contributed by atoms with Crippen LogP contribution in [0.25, 0.3) is 6.08 Å². The summed E-state index contributed by atoms with van der Waals surface area (Å²) in [4.78, 5) is 27.6. The number of esters is 1. The van der Waals surface area contributed by atoms with E-state index in [9.17, 15) is 9.59 Å². The van der Waals surface area contributed by atoms with Gasteiger partial charge in [0, 0.05) is 18.8 Å². The van der Waals surface area contributed by atoms with Crippen LogP contribution in [0.5, 0.6) is 0 Å². The first kappa shape index (κ1) is 21.8. The lowest BCUT2D eigenvalue weighted by molar-refractivity contribution is -0.158. The van der Waals surface area contributed by atoms with E-state index in [1.807, 2.05) is 26.8 Å². The fourth-order valence-electron chi connectivity index (χ4n) is 2.18. The lowest BCUT2D eigenvalue weighted by Crippen LogP contribution is -2.42. The molecule has 3 N–H and O–H groups in total. The number of carbonyl (C=O) groups excluding carboxylic acids is 2. The number of nitrogens with zero attached hydrogens (tertiary/aromatic N) is 1. The maximum Gasteiger partial charge on any atom is 0.323 e. The van der Waals surface area contributed by atoms with Crippen LogP contribution in [0.4, 0.5) is 0 Å². The highest BCUT2D eigenvalue weighted by Crippen LogP contribution is 2.13. The normalized spacial score (nSPS) is 13.0. The third-order valence-electron chi connectivity index (χ3n) is 3.31. The molecular formula is C19H29N3O4. The van der Waals surface area contributed by atoms with E-state index >= 15 is 0 Å². The van der Waals surface area contributed by atoms with E-state index in [4.69, 9.17) is 9.94 Å². The van der Waals surface area contributed by atoms with Crippen LogP contribution < -0.4 is 10.8 Å². The number of hydroxylamine groups is 1. The molecule has 0 fully saturated rings. The molecular weight excluding hydrogens is 334 g/mol. The lowest BCUT2D eigenvalue weighted by Gasteiger charge is -2.25.